The zero-order chi connectivity index (χ0) is 10.1. The summed E-state index contributed by atoms with van der Waals surface area (Å²) in [7, 11) is 0. The van der Waals surface area contributed by atoms with Gasteiger partial charge in [-0.1, -0.05) is 6.92 Å². The molecule has 3 nitrogen and oxygen atoms in total. The SMILES string of the molecule is Cc1cnc(C(C)NC2CC(C)C2)o1. The van der Waals surface area contributed by atoms with Crippen LogP contribution in [0.4, 0.5) is 0 Å². The molecule has 0 aromatic carbocycles. The molecular weight excluding hydrogens is 176 g/mol. The lowest BCUT2D eigenvalue weighted by Gasteiger charge is -2.34. The third kappa shape index (κ3) is 1.98. The number of hydrogen-bond acceptors (Lipinski definition) is 3. The number of oxazole rings is 1. The van der Waals surface area contributed by atoms with E-state index in [1.807, 2.05) is 6.92 Å². The van der Waals surface area contributed by atoms with Crippen LogP contribution in [-0.2, 0) is 0 Å². The molecule has 1 aromatic heterocycles. The number of nitrogens with zero attached hydrogens (tertiary/aromatic N) is 1. The molecule has 0 bridgehead atoms. The molecule has 0 spiro atoms. The molecule has 1 aliphatic rings. The van der Waals surface area contributed by atoms with Crippen LogP contribution in [-0.4, -0.2) is 11.0 Å². The normalized spacial score (nSPS) is 28.5. The fourth-order valence-electron chi connectivity index (χ4n) is 2.04. The summed E-state index contributed by atoms with van der Waals surface area (Å²) in [5, 5.41) is 3.52. The monoisotopic (exact) mass is 194 g/mol. The van der Waals surface area contributed by atoms with Gasteiger partial charge in [-0.15, -0.1) is 0 Å². The summed E-state index contributed by atoms with van der Waals surface area (Å²) in [4.78, 5) is 4.22. The fourth-order valence-corrected chi connectivity index (χ4v) is 2.04. The first-order valence-corrected chi connectivity index (χ1v) is 5.33. The minimum absolute atomic E-state index is 0.237. The number of aromatic nitrogens is 1. The molecule has 0 saturated heterocycles. The minimum Gasteiger partial charge on any atom is -0.444 e. The second kappa shape index (κ2) is 3.73. The highest BCUT2D eigenvalue weighted by atomic mass is 16.4. The van der Waals surface area contributed by atoms with Crippen LogP contribution in [0.3, 0.4) is 0 Å². The highest BCUT2D eigenvalue weighted by Gasteiger charge is 2.27. The Kier molecular flexibility index (Phi) is 2.59. The Morgan fingerprint density at radius 1 is 1.57 bits per heavy atom. The van der Waals surface area contributed by atoms with Gasteiger partial charge >= 0.3 is 0 Å². The molecule has 1 atom stereocenters. The highest BCUT2D eigenvalue weighted by Crippen LogP contribution is 2.28. The molecule has 0 amide bonds. The quantitative estimate of drug-likeness (QED) is 0.803. The van der Waals surface area contributed by atoms with E-state index >= 15 is 0 Å². The van der Waals surface area contributed by atoms with Crippen molar-refractivity contribution in [2.75, 3.05) is 0 Å². The van der Waals surface area contributed by atoms with Crippen LogP contribution in [0.2, 0.25) is 0 Å². The largest absolute Gasteiger partial charge is 0.444 e. The van der Waals surface area contributed by atoms with Crippen molar-refractivity contribution in [3.63, 3.8) is 0 Å². The van der Waals surface area contributed by atoms with Crippen molar-refractivity contribution in [2.24, 2.45) is 5.92 Å². The molecule has 0 aliphatic heterocycles. The van der Waals surface area contributed by atoms with Crippen LogP contribution in [0.5, 0.6) is 0 Å². The third-order valence-corrected chi connectivity index (χ3v) is 2.87. The van der Waals surface area contributed by atoms with Gasteiger partial charge in [-0.2, -0.15) is 0 Å². The Labute approximate surface area is 84.9 Å². The predicted octanol–water partition coefficient (Wildman–Crippen LogP) is 2.43. The van der Waals surface area contributed by atoms with Crippen LogP contribution < -0.4 is 5.32 Å². The van der Waals surface area contributed by atoms with E-state index in [1.54, 1.807) is 6.20 Å². The summed E-state index contributed by atoms with van der Waals surface area (Å²) in [6.07, 6.45) is 4.34. The summed E-state index contributed by atoms with van der Waals surface area (Å²) in [5.74, 6) is 2.57. The summed E-state index contributed by atoms with van der Waals surface area (Å²) >= 11 is 0. The van der Waals surface area contributed by atoms with Gasteiger partial charge in [-0.05, 0) is 32.6 Å². The minimum atomic E-state index is 0.237. The van der Waals surface area contributed by atoms with E-state index in [1.165, 1.54) is 12.8 Å². The number of rotatable bonds is 3. The van der Waals surface area contributed by atoms with Crippen molar-refractivity contribution in [3.8, 4) is 0 Å². The molecule has 1 heterocycles. The molecule has 14 heavy (non-hydrogen) atoms. The van der Waals surface area contributed by atoms with Gasteiger partial charge in [0.1, 0.15) is 5.76 Å². The average Bonchev–Trinajstić information content (AvgIpc) is 2.49. The molecule has 1 aliphatic carbocycles. The standard InChI is InChI=1S/C11H18N2O/c1-7-4-10(5-7)13-9(3)11-12-6-8(2)14-11/h6-7,9-10,13H,4-5H2,1-3H3. The summed E-state index contributed by atoms with van der Waals surface area (Å²) in [6.45, 7) is 6.32. The summed E-state index contributed by atoms with van der Waals surface area (Å²) in [5.41, 5.74) is 0. The van der Waals surface area contributed by atoms with Crippen LogP contribution in [0.15, 0.2) is 10.6 Å². The van der Waals surface area contributed by atoms with E-state index in [9.17, 15) is 0 Å². The first-order valence-electron chi connectivity index (χ1n) is 5.33. The molecule has 1 fully saturated rings. The summed E-state index contributed by atoms with van der Waals surface area (Å²) < 4.78 is 5.47. The molecule has 2 rings (SSSR count). The first kappa shape index (κ1) is 9.71. The Morgan fingerprint density at radius 2 is 2.29 bits per heavy atom. The first-order chi connectivity index (χ1) is 6.65. The number of aryl methyl sites for hydroxylation is 1. The van der Waals surface area contributed by atoms with Crippen molar-refractivity contribution in [2.45, 2.75) is 45.7 Å². The Bertz CT molecular complexity index is 302. The van der Waals surface area contributed by atoms with Gasteiger partial charge in [0, 0.05) is 6.04 Å². The van der Waals surface area contributed by atoms with Gasteiger partial charge in [0.2, 0.25) is 5.89 Å². The van der Waals surface area contributed by atoms with Gasteiger partial charge in [0.05, 0.1) is 12.2 Å². The van der Waals surface area contributed by atoms with E-state index in [0.717, 1.165) is 17.6 Å². The number of nitrogens with one attached hydrogen (secondary N) is 1. The van der Waals surface area contributed by atoms with Crippen molar-refractivity contribution >= 4 is 0 Å². The molecular formula is C11H18N2O. The molecule has 3 heteroatoms. The Morgan fingerprint density at radius 3 is 2.79 bits per heavy atom. The molecule has 78 valence electrons. The molecule has 1 saturated carbocycles. The molecule has 1 unspecified atom stereocenters. The van der Waals surface area contributed by atoms with Crippen molar-refractivity contribution < 1.29 is 4.42 Å². The van der Waals surface area contributed by atoms with Crippen LogP contribution >= 0.6 is 0 Å². The van der Waals surface area contributed by atoms with Gasteiger partial charge in [-0.25, -0.2) is 4.98 Å². The second-order valence-electron chi connectivity index (χ2n) is 4.47. The molecule has 0 radical (unpaired) electrons. The third-order valence-electron chi connectivity index (χ3n) is 2.87. The van der Waals surface area contributed by atoms with E-state index in [2.05, 4.69) is 24.1 Å². The highest BCUT2D eigenvalue weighted by molar-refractivity contribution is 4.96. The van der Waals surface area contributed by atoms with Crippen LogP contribution in [0, 0.1) is 12.8 Å². The lowest BCUT2D eigenvalue weighted by Crippen LogP contribution is -2.41. The van der Waals surface area contributed by atoms with Crippen molar-refractivity contribution in [1.29, 1.82) is 0 Å². The van der Waals surface area contributed by atoms with E-state index in [4.69, 9.17) is 4.42 Å². The Balaban J connectivity index is 1.86. The lowest BCUT2D eigenvalue weighted by atomic mass is 9.81. The fraction of sp³-hybridized carbons (Fsp3) is 0.727. The molecule has 1 aromatic rings. The van der Waals surface area contributed by atoms with Gasteiger partial charge in [0.25, 0.3) is 0 Å². The maximum atomic E-state index is 5.47. The van der Waals surface area contributed by atoms with Crippen LogP contribution in [0.25, 0.3) is 0 Å². The van der Waals surface area contributed by atoms with E-state index in [-0.39, 0.29) is 6.04 Å². The van der Waals surface area contributed by atoms with Crippen LogP contribution in [0.1, 0.15) is 44.4 Å². The zero-order valence-electron chi connectivity index (χ0n) is 9.08. The van der Waals surface area contributed by atoms with Crippen molar-refractivity contribution in [1.82, 2.24) is 10.3 Å². The molecule has 1 N–H and O–H groups in total. The maximum Gasteiger partial charge on any atom is 0.211 e. The smallest absolute Gasteiger partial charge is 0.211 e. The topological polar surface area (TPSA) is 38.1 Å². The number of hydrogen-bond donors (Lipinski definition) is 1. The summed E-state index contributed by atoms with van der Waals surface area (Å²) in [6, 6.07) is 0.897. The maximum absolute atomic E-state index is 5.47. The van der Waals surface area contributed by atoms with Gasteiger partial charge < -0.3 is 9.73 Å². The Hall–Kier alpha value is -0.830. The zero-order valence-corrected chi connectivity index (χ0v) is 9.08. The van der Waals surface area contributed by atoms with E-state index < -0.39 is 0 Å². The second-order valence-corrected chi connectivity index (χ2v) is 4.47. The van der Waals surface area contributed by atoms with Gasteiger partial charge in [-0.3, -0.25) is 0 Å². The van der Waals surface area contributed by atoms with E-state index in [0.29, 0.717) is 6.04 Å². The predicted molar refractivity (Wildman–Crippen MR) is 55.0 cm³/mol. The lowest BCUT2D eigenvalue weighted by molar-refractivity contribution is 0.216. The average molecular weight is 194 g/mol. The van der Waals surface area contributed by atoms with Gasteiger partial charge in [0.15, 0.2) is 0 Å². The van der Waals surface area contributed by atoms with Crippen molar-refractivity contribution in [3.05, 3.63) is 17.8 Å².